The number of hydrogen-bond acceptors (Lipinski definition) is 6. The van der Waals surface area contributed by atoms with Crippen LogP contribution in [0.4, 0.5) is 0 Å². The molecule has 0 fully saturated rings. The van der Waals surface area contributed by atoms with E-state index in [1.807, 2.05) is 24.3 Å². The van der Waals surface area contributed by atoms with Crippen molar-refractivity contribution < 1.29 is 10.2 Å². The smallest absolute Gasteiger partial charge is 0.155 e. The predicted molar refractivity (Wildman–Crippen MR) is 99.3 cm³/mol. The molecule has 0 radical (unpaired) electrons. The molecule has 6 nitrogen and oxygen atoms in total. The van der Waals surface area contributed by atoms with E-state index in [1.165, 1.54) is 22.6 Å². The summed E-state index contributed by atoms with van der Waals surface area (Å²) in [7, 11) is 0. The molecule has 2 heterocycles. The van der Waals surface area contributed by atoms with E-state index in [0.29, 0.717) is 16.1 Å². The number of amidine groups is 1. The molecule has 1 aliphatic heterocycles. The number of rotatable bonds is 3. The molecular formula is C18H14N4O2S. The highest BCUT2D eigenvalue weighted by Crippen LogP contribution is 2.33. The number of hydrogen-bond donors (Lipinski definition) is 3. The first kappa shape index (κ1) is 15.3. The van der Waals surface area contributed by atoms with Crippen LogP contribution in [0.5, 0.6) is 5.75 Å². The van der Waals surface area contributed by atoms with Crippen molar-refractivity contribution in [2.24, 2.45) is 5.10 Å². The second-order valence-electron chi connectivity index (χ2n) is 5.52. The minimum absolute atomic E-state index is 0.0680. The topological polar surface area (TPSA) is 92.8 Å². The highest BCUT2D eigenvalue weighted by Gasteiger charge is 2.30. The fraction of sp³-hybridized carbons (Fsp3) is 0.0556. The molecule has 0 amide bonds. The van der Waals surface area contributed by atoms with Crippen LogP contribution in [0.15, 0.2) is 59.4 Å². The van der Waals surface area contributed by atoms with Gasteiger partial charge in [0.2, 0.25) is 0 Å². The van der Waals surface area contributed by atoms with Gasteiger partial charge in [-0.3, -0.25) is 5.41 Å². The minimum Gasteiger partial charge on any atom is -0.509 e. The van der Waals surface area contributed by atoms with E-state index in [9.17, 15) is 10.2 Å². The number of benzene rings is 2. The summed E-state index contributed by atoms with van der Waals surface area (Å²) in [6, 6.07) is 14.5. The number of thiazole rings is 1. The van der Waals surface area contributed by atoms with Gasteiger partial charge in [0.15, 0.2) is 5.84 Å². The first-order chi connectivity index (χ1) is 12.1. The summed E-state index contributed by atoms with van der Waals surface area (Å²) in [5, 5.41) is 34.6. The van der Waals surface area contributed by atoms with E-state index in [4.69, 9.17) is 5.41 Å². The molecule has 124 valence electrons. The number of hydrazone groups is 1. The normalized spacial score (nSPS) is 15.0. The Labute approximate surface area is 147 Å². The largest absolute Gasteiger partial charge is 0.509 e. The maximum atomic E-state index is 10.3. The van der Waals surface area contributed by atoms with Gasteiger partial charge in [0.05, 0.1) is 22.0 Å². The van der Waals surface area contributed by atoms with Gasteiger partial charge in [-0.15, -0.1) is 11.3 Å². The number of nitrogens with zero attached hydrogens (tertiary/aromatic N) is 3. The minimum atomic E-state index is 0.0680. The number of fused-ring (bicyclic) bond motifs is 1. The van der Waals surface area contributed by atoms with Crippen molar-refractivity contribution in [3.05, 3.63) is 64.9 Å². The highest BCUT2D eigenvalue weighted by atomic mass is 32.1. The molecular weight excluding hydrogens is 336 g/mol. The Morgan fingerprint density at radius 2 is 1.88 bits per heavy atom. The fourth-order valence-electron chi connectivity index (χ4n) is 2.60. The maximum absolute atomic E-state index is 10.3. The van der Waals surface area contributed by atoms with Crippen LogP contribution in [0.25, 0.3) is 15.8 Å². The van der Waals surface area contributed by atoms with Crippen LogP contribution >= 0.6 is 11.3 Å². The summed E-state index contributed by atoms with van der Waals surface area (Å²) in [6.45, 7) is 0.105. The van der Waals surface area contributed by atoms with Crippen LogP contribution in [0.2, 0.25) is 0 Å². The lowest BCUT2D eigenvalue weighted by atomic mass is 10.2. The zero-order chi connectivity index (χ0) is 17.4. The van der Waals surface area contributed by atoms with Crippen LogP contribution < -0.4 is 0 Å². The van der Waals surface area contributed by atoms with Gasteiger partial charge in [0.1, 0.15) is 23.1 Å². The second kappa shape index (κ2) is 6.03. The van der Waals surface area contributed by atoms with Gasteiger partial charge in [0.25, 0.3) is 0 Å². The average molecular weight is 350 g/mol. The van der Waals surface area contributed by atoms with Gasteiger partial charge in [-0.2, -0.15) is 5.10 Å². The monoisotopic (exact) mass is 350 g/mol. The van der Waals surface area contributed by atoms with Gasteiger partial charge >= 0.3 is 0 Å². The molecule has 3 aromatic rings. The summed E-state index contributed by atoms with van der Waals surface area (Å²) in [5.74, 6) is 0.266. The number of aliphatic hydroxyl groups is 1. The zero-order valence-electron chi connectivity index (χ0n) is 13.0. The first-order valence-electron chi connectivity index (χ1n) is 7.60. The molecule has 0 unspecified atom stereocenters. The van der Waals surface area contributed by atoms with Gasteiger partial charge in [0, 0.05) is 5.56 Å². The molecule has 25 heavy (non-hydrogen) atoms. The van der Waals surface area contributed by atoms with Gasteiger partial charge < -0.3 is 10.2 Å². The van der Waals surface area contributed by atoms with Crippen LogP contribution in [-0.2, 0) is 0 Å². The van der Waals surface area contributed by atoms with Crippen LogP contribution in [-0.4, -0.2) is 38.8 Å². The molecule has 1 aromatic heterocycles. The Bertz CT molecular complexity index is 1010. The third-order valence-electron chi connectivity index (χ3n) is 3.86. The lowest BCUT2D eigenvalue weighted by Crippen LogP contribution is -2.20. The third-order valence-corrected chi connectivity index (χ3v) is 4.92. The van der Waals surface area contributed by atoms with E-state index in [1.54, 1.807) is 24.3 Å². The molecule has 2 aromatic carbocycles. The highest BCUT2D eigenvalue weighted by molar-refractivity contribution is 7.19. The van der Waals surface area contributed by atoms with E-state index in [2.05, 4.69) is 10.1 Å². The molecule has 0 bridgehead atoms. The third kappa shape index (κ3) is 2.74. The molecule has 0 atom stereocenters. The maximum Gasteiger partial charge on any atom is 0.155 e. The van der Waals surface area contributed by atoms with Crippen LogP contribution in [0.3, 0.4) is 0 Å². The van der Waals surface area contributed by atoms with E-state index in [0.717, 1.165) is 10.2 Å². The lowest BCUT2D eigenvalue weighted by molar-refractivity contribution is 0.358. The standard InChI is InChI=1S/C18H14N4O2S/c19-17-16(18-21-12-6-2-4-8-15(12)25-18)14(24)10-22(17)20-9-11-5-1-3-7-13(11)23/h1-9,19,23-24H,10H2. The second-order valence-corrected chi connectivity index (χ2v) is 6.55. The Hall–Kier alpha value is -3.19. The molecule has 0 spiro atoms. The van der Waals surface area contributed by atoms with E-state index < -0.39 is 0 Å². The van der Waals surface area contributed by atoms with Crippen molar-refractivity contribution >= 4 is 39.2 Å². The number of aliphatic hydroxyl groups excluding tert-OH is 1. The number of para-hydroxylation sites is 2. The Morgan fingerprint density at radius 1 is 1.12 bits per heavy atom. The number of phenolic OH excluding ortho intramolecular Hbond substituents is 1. The van der Waals surface area contributed by atoms with Crippen LogP contribution in [0, 0.1) is 5.41 Å². The Kier molecular flexibility index (Phi) is 3.70. The first-order valence-corrected chi connectivity index (χ1v) is 8.41. The summed E-state index contributed by atoms with van der Waals surface area (Å²) in [4.78, 5) is 4.50. The van der Waals surface area contributed by atoms with E-state index >= 15 is 0 Å². The molecule has 3 N–H and O–H groups in total. The quantitative estimate of drug-likeness (QED) is 0.629. The van der Waals surface area contributed by atoms with Crippen molar-refractivity contribution in [3.8, 4) is 5.75 Å². The summed E-state index contributed by atoms with van der Waals surface area (Å²) in [6.07, 6.45) is 1.47. The fourth-order valence-corrected chi connectivity index (χ4v) is 3.63. The van der Waals surface area contributed by atoms with Crippen molar-refractivity contribution in [2.75, 3.05) is 6.54 Å². The Balaban J connectivity index is 1.62. The molecule has 7 heteroatoms. The number of phenols is 1. The molecule has 1 aliphatic rings. The van der Waals surface area contributed by atoms with E-state index in [-0.39, 0.29) is 23.9 Å². The summed E-state index contributed by atoms with van der Waals surface area (Å²) in [5.41, 5.74) is 1.78. The SMILES string of the molecule is N=C1C(c2nc3ccccc3s2)=C(O)CN1N=Cc1ccccc1O. The lowest BCUT2D eigenvalue weighted by Gasteiger charge is -2.11. The van der Waals surface area contributed by atoms with Gasteiger partial charge in [-0.1, -0.05) is 24.3 Å². The molecule has 4 rings (SSSR count). The molecule has 0 saturated carbocycles. The predicted octanol–water partition coefficient (Wildman–Crippen LogP) is 3.60. The van der Waals surface area contributed by atoms with Gasteiger partial charge in [-0.05, 0) is 24.3 Å². The van der Waals surface area contributed by atoms with Crippen LogP contribution in [0.1, 0.15) is 10.6 Å². The zero-order valence-corrected chi connectivity index (χ0v) is 13.9. The van der Waals surface area contributed by atoms with Crippen molar-refractivity contribution in [2.45, 2.75) is 0 Å². The summed E-state index contributed by atoms with van der Waals surface area (Å²) >= 11 is 1.43. The molecule has 0 aliphatic carbocycles. The van der Waals surface area contributed by atoms with Crippen molar-refractivity contribution in [1.82, 2.24) is 9.99 Å². The number of nitrogens with one attached hydrogen (secondary N) is 1. The molecule has 0 saturated heterocycles. The number of aromatic hydroxyl groups is 1. The Morgan fingerprint density at radius 3 is 2.68 bits per heavy atom. The number of aromatic nitrogens is 1. The van der Waals surface area contributed by atoms with Crippen molar-refractivity contribution in [3.63, 3.8) is 0 Å². The average Bonchev–Trinajstić information content (AvgIpc) is 3.14. The summed E-state index contributed by atoms with van der Waals surface area (Å²) < 4.78 is 1.00. The van der Waals surface area contributed by atoms with Crippen molar-refractivity contribution in [1.29, 1.82) is 5.41 Å². The van der Waals surface area contributed by atoms with Gasteiger partial charge in [-0.25, -0.2) is 9.99 Å².